The first-order valence-corrected chi connectivity index (χ1v) is 8.36. The molecule has 2 N–H and O–H groups in total. The molecule has 4 heteroatoms. The molecular weight excluding hydrogens is 252 g/mol. The smallest absolute Gasteiger partial charge is 0.0594 e. The topological polar surface area (TPSA) is 44.7 Å². The molecule has 118 valence electrons. The van der Waals surface area contributed by atoms with Crippen LogP contribution in [0.2, 0.25) is 0 Å². The third-order valence-corrected chi connectivity index (χ3v) is 4.88. The van der Waals surface area contributed by atoms with Gasteiger partial charge >= 0.3 is 0 Å². The van der Waals surface area contributed by atoms with E-state index in [9.17, 15) is 0 Å². The molecule has 1 saturated heterocycles. The van der Waals surface area contributed by atoms with Crippen molar-refractivity contribution < 1.29 is 9.84 Å². The van der Waals surface area contributed by atoms with Gasteiger partial charge in [-0.2, -0.15) is 0 Å². The zero-order valence-electron chi connectivity index (χ0n) is 13.1. The first-order chi connectivity index (χ1) is 9.74. The van der Waals surface area contributed by atoms with Crippen molar-refractivity contribution in [2.75, 3.05) is 52.5 Å². The highest BCUT2D eigenvalue weighted by molar-refractivity contribution is 4.88. The zero-order valence-corrected chi connectivity index (χ0v) is 13.1. The molecule has 2 rings (SSSR count). The maximum absolute atomic E-state index is 9.13. The van der Waals surface area contributed by atoms with Crippen LogP contribution in [0.5, 0.6) is 0 Å². The normalized spacial score (nSPS) is 25.5. The molecule has 0 spiro atoms. The van der Waals surface area contributed by atoms with Crippen LogP contribution >= 0.6 is 0 Å². The highest BCUT2D eigenvalue weighted by Crippen LogP contribution is 2.36. The summed E-state index contributed by atoms with van der Waals surface area (Å²) in [4.78, 5) is 2.59. The summed E-state index contributed by atoms with van der Waals surface area (Å²) in [5.41, 5.74) is 0.449. The van der Waals surface area contributed by atoms with E-state index in [1.54, 1.807) is 0 Å². The largest absolute Gasteiger partial charge is 0.396 e. The summed E-state index contributed by atoms with van der Waals surface area (Å²) in [7, 11) is 0. The minimum atomic E-state index is 0.281. The van der Waals surface area contributed by atoms with Crippen molar-refractivity contribution in [1.29, 1.82) is 0 Å². The molecule has 1 heterocycles. The monoisotopic (exact) mass is 284 g/mol. The quantitative estimate of drug-likeness (QED) is 0.743. The lowest BCUT2D eigenvalue weighted by atomic mass is 9.73. The Morgan fingerprint density at radius 2 is 1.90 bits per heavy atom. The van der Waals surface area contributed by atoms with Crippen LogP contribution in [0, 0.1) is 11.3 Å². The number of ether oxygens (including phenoxy) is 1. The van der Waals surface area contributed by atoms with Crippen LogP contribution in [0.15, 0.2) is 0 Å². The maximum atomic E-state index is 9.13. The molecule has 0 aromatic rings. The summed E-state index contributed by atoms with van der Waals surface area (Å²) in [5.74, 6) is 0.360. The average Bonchev–Trinajstić information content (AvgIpc) is 2.49. The maximum Gasteiger partial charge on any atom is 0.0594 e. The second kappa shape index (κ2) is 8.32. The van der Waals surface area contributed by atoms with Crippen molar-refractivity contribution in [3.8, 4) is 0 Å². The highest BCUT2D eigenvalue weighted by Gasteiger charge is 2.34. The third kappa shape index (κ3) is 4.99. The van der Waals surface area contributed by atoms with Crippen molar-refractivity contribution in [2.24, 2.45) is 11.3 Å². The van der Waals surface area contributed by atoms with Gasteiger partial charge in [0, 0.05) is 32.8 Å². The van der Waals surface area contributed by atoms with E-state index in [1.807, 2.05) is 0 Å². The van der Waals surface area contributed by atoms with E-state index in [0.717, 1.165) is 39.4 Å². The van der Waals surface area contributed by atoms with Crippen LogP contribution in [0.1, 0.15) is 39.0 Å². The molecular formula is C16H32N2O2. The average molecular weight is 284 g/mol. The highest BCUT2D eigenvalue weighted by atomic mass is 16.5. The zero-order chi connectivity index (χ0) is 14.3. The van der Waals surface area contributed by atoms with E-state index >= 15 is 0 Å². The number of morpholine rings is 1. The van der Waals surface area contributed by atoms with Gasteiger partial charge in [0.25, 0.3) is 0 Å². The second-order valence-electron chi connectivity index (χ2n) is 6.87. The Balaban J connectivity index is 1.83. The van der Waals surface area contributed by atoms with Gasteiger partial charge in [-0.3, -0.25) is 4.90 Å². The van der Waals surface area contributed by atoms with E-state index < -0.39 is 0 Å². The summed E-state index contributed by atoms with van der Waals surface area (Å²) < 4.78 is 5.46. The Morgan fingerprint density at radius 1 is 1.20 bits per heavy atom. The summed E-state index contributed by atoms with van der Waals surface area (Å²) in [6.45, 7) is 9.61. The molecule has 0 aromatic carbocycles. The lowest BCUT2D eigenvalue weighted by Crippen LogP contribution is -2.49. The lowest BCUT2D eigenvalue weighted by molar-refractivity contribution is 0.00694. The number of rotatable bonds is 7. The number of aliphatic hydroxyl groups excluding tert-OH is 1. The second-order valence-corrected chi connectivity index (χ2v) is 6.87. The van der Waals surface area contributed by atoms with Crippen LogP contribution in [-0.2, 0) is 4.74 Å². The van der Waals surface area contributed by atoms with Gasteiger partial charge in [0.05, 0.1) is 13.2 Å². The van der Waals surface area contributed by atoms with Crippen LogP contribution in [0.25, 0.3) is 0 Å². The molecule has 2 aliphatic rings. The predicted molar refractivity (Wildman–Crippen MR) is 81.9 cm³/mol. The van der Waals surface area contributed by atoms with Crippen LogP contribution in [0.3, 0.4) is 0 Å². The van der Waals surface area contributed by atoms with Crippen LogP contribution < -0.4 is 5.32 Å². The first-order valence-electron chi connectivity index (χ1n) is 8.36. The SMILES string of the molecule is CC(CO)CNCC1(CN2CCOCC2)CCCCC1. The van der Waals surface area contributed by atoms with Crippen molar-refractivity contribution in [1.82, 2.24) is 10.2 Å². The third-order valence-electron chi connectivity index (χ3n) is 4.88. The number of hydrogen-bond acceptors (Lipinski definition) is 4. The minimum absolute atomic E-state index is 0.281. The molecule has 1 aliphatic carbocycles. The van der Waals surface area contributed by atoms with Gasteiger partial charge in [0.1, 0.15) is 0 Å². The predicted octanol–water partition coefficient (Wildman–Crippen LogP) is 1.49. The fraction of sp³-hybridized carbons (Fsp3) is 1.00. The molecule has 1 unspecified atom stereocenters. The Hall–Kier alpha value is -0.160. The number of aliphatic hydroxyl groups is 1. The fourth-order valence-electron chi connectivity index (χ4n) is 3.57. The van der Waals surface area contributed by atoms with E-state index in [1.165, 1.54) is 38.6 Å². The fourth-order valence-corrected chi connectivity index (χ4v) is 3.57. The molecule has 0 amide bonds. The van der Waals surface area contributed by atoms with Crippen molar-refractivity contribution in [3.05, 3.63) is 0 Å². The van der Waals surface area contributed by atoms with Gasteiger partial charge in [-0.1, -0.05) is 26.2 Å². The number of hydrogen-bond donors (Lipinski definition) is 2. The Kier molecular flexibility index (Phi) is 6.75. The molecule has 1 aliphatic heterocycles. The van der Waals surface area contributed by atoms with Gasteiger partial charge in [-0.05, 0) is 30.7 Å². The lowest BCUT2D eigenvalue weighted by Gasteiger charge is -2.42. The van der Waals surface area contributed by atoms with Crippen molar-refractivity contribution in [3.63, 3.8) is 0 Å². The Bertz CT molecular complexity index is 261. The summed E-state index contributed by atoms with van der Waals surface area (Å²) in [6, 6.07) is 0. The molecule has 0 aromatic heterocycles. The van der Waals surface area contributed by atoms with Gasteiger partial charge in [0.2, 0.25) is 0 Å². The molecule has 2 fully saturated rings. The van der Waals surface area contributed by atoms with Crippen molar-refractivity contribution >= 4 is 0 Å². The summed E-state index contributed by atoms with van der Waals surface area (Å²) in [5, 5.41) is 12.8. The molecule has 0 radical (unpaired) electrons. The Morgan fingerprint density at radius 3 is 2.55 bits per heavy atom. The van der Waals surface area contributed by atoms with E-state index in [4.69, 9.17) is 9.84 Å². The van der Waals surface area contributed by atoms with Gasteiger partial charge in [-0.25, -0.2) is 0 Å². The summed E-state index contributed by atoms with van der Waals surface area (Å²) >= 11 is 0. The molecule has 1 atom stereocenters. The van der Waals surface area contributed by atoms with Crippen molar-refractivity contribution in [2.45, 2.75) is 39.0 Å². The van der Waals surface area contributed by atoms with Gasteiger partial charge in [0.15, 0.2) is 0 Å². The first kappa shape index (κ1) is 16.2. The standard InChI is InChI=1S/C16H32N2O2/c1-15(12-19)11-17-13-16(5-3-2-4-6-16)14-18-7-9-20-10-8-18/h15,17,19H,2-14H2,1H3. The Labute approximate surface area is 123 Å². The van der Waals surface area contributed by atoms with E-state index in [0.29, 0.717) is 11.3 Å². The van der Waals surface area contributed by atoms with Gasteiger partial charge in [-0.15, -0.1) is 0 Å². The molecule has 20 heavy (non-hydrogen) atoms. The number of nitrogens with one attached hydrogen (secondary N) is 1. The molecule has 0 bridgehead atoms. The number of nitrogens with zero attached hydrogens (tertiary/aromatic N) is 1. The summed E-state index contributed by atoms with van der Waals surface area (Å²) in [6.07, 6.45) is 6.86. The van der Waals surface area contributed by atoms with Crippen LogP contribution in [0.4, 0.5) is 0 Å². The minimum Gasteiger partial charge on any atom is -0.396 e. The van der Waals surface area contributed by atoms with Gasteiger partial charge < -0.3 is 15.2 Å². The molecule has 4 nitrogen and oxygen atoms in total. The van der Waals surface area contributed by atoms with E-state index in [2.05, 4.69) is 17.1 Å². The molecule has 1 saturated carbocycles. The van der Waals surface area contributed by atoms with Crippen LogP contribution in [-0.4, -0.2) is 62.6 Å². The van der Waals surface area contributed by atoms with E-state index in [-0.39, 0.29) is 6.61 Å².